The van der Waals surface area contributed by atoms with Crippen LogP contribution in [-0.2, 0) is 6.42 Å². The molecular weight excluding hydrogens is 382 g/mol. The van der Waals surface area contributed by atoms with Crippen molar-refractivity contribution in [3.63, 3.8) is 0 Å². The lowest BCUT2D eigenvalue weighted by molar-refractivity contribution is 0.0695. The number of aromatic carboxylic acids is 1. The summed E-state index contributed by atoms with van der Waals surface area (Å²) < 4.78 is 32.4. The molecule has 0 aliphatic heterocycles. The fourth-order valence-corrected chi connectivity index (χ4v) is 2.67. The first-order chi connectivity index (χ1) is 13.9. The largest absolute Gasteiger partial charge is 0.478 e. The van der Waals surface area contributed by atoms with Crippen LogP contribution in [0.5, 0.6) is 11.6 Å². The standard InChI is InChI=1S/C21H16F2N2O4/c22-14-5-3-6-16(10-14)29-20-18(11-15(23)12-25-20)19(26)24-9-8-13-4-1-2-7-17(13)21(27)28/h1-7,10-12H,8-9H2,(H,24,26)(H,27,28). The maximum Gasteiger partial charge on any atom is 0.335 e. The van der Waals surface area contributed by atoms with Crippen LogP contribution in [0.4, 0.5) is 8.78 Å². The highest BCUT2D eigenvalue weighted by Crippen LogP contribution is 2.24. The molecule has 0 unspecified atom stereocenters. The van der Waals surface area contributed by atoms with E-state index in [2.05, 4.69) is 10.3 Å². The number of carbonyl (C=O) groups excluding carboxylic acids is 1. The highest BCUT2D eigenvalue weighted by atomic mass is 19.1. The number of aromatic nitrogens is 1. The molecule has 2 aromatic carbocycles. The molecule has 8 heteroatoms. The predicted octanol–water partition coefficient (Wildman–Crippen LogP) is 3.82. The lowest BCUT2D eigenvalue weighted by atomic mass is 10.0. The van der Waals surface area contributed by atoms with E-state index in [-0.39, 0.29) is 35.7 Å². The number of nitrogens with zero attached hydrogens (tertiary/aromatic N) is 1. The summed E-state index contributed by atoms with van der Waals surface area (Å²) in [7, 11) is 0. The number of carboxylic acid groups (broad SMARTS) is 1. The zero-order chi connectivity index (χ0) is 20.8. The van der Waals surface area contributed by atoms with E-state index in [0.29, 0.717) is 5.56 Å². The first-order valence-electron chi connectivity index (χ1n) is 8.62. The number of hydrogen-bond donors (Lipinski definition) is 2. The van der Waals surface area contributed by atoms with E-state index in [0.717, 1.165) is 18.3 Å². The first-order valence-corrected chi connectivity index (χ1v) is 8.62. The van der Waals surface area contributed by atoms with Crippen molar-refractivity contribution in [1.82, 2.24) is 10.3 Å². The molecule has 0 bridgehead atoms. The van der Waals surface area contributed by atoms with Crippen molar-refractivity contribution in [3.8, 4) is 11.6 Å². The number of carboxylic acids is 1. The maximum absolute atomic E-state index is 13.6. The molecule has 1 heterocycles. The molecule has 0 radical (unpaired) electrons. The van der Waals surface area contributed by atoms with Gasteiger partial charge in [-0.2, -0.15) is 0 Å². The number of carbonyl (C=O) groups is 2. The van der Waals surface area contributed by atoms with Gasteiger partial charge in [0.1, 0.15) is 22.9 Å². The molecule has 0 fully saturated rings. The molecule has 0 atom stereocenters. The van der Waals surface area contributed by atoms with Gasteiger partial charge in [0.05, 0.1) is 11.8 Å². The van der Waals surface area contributed by atoms with Gasteiger partial charge in [0.15, 0.2) is 0 Å². The van der Waals surface area contributed by atoms with E-state index < -0.39 is 23.5 Å². The van der Waals surface area contributed by atoms with Crippen LogP contribution in [0.3, 0.4) is 0 Å². The minimum atomic E-state index is -1.06. The maximum atomic E-state index is 13.6. The molecule has 6 nitrogen and oxygen atoms in total. The fourth-order valence-electron chi connectivity index (χ4n) is 2.67. The molecule has 2 N–H and O–H groups in total. The second kappa shape index (κ2) is 8.92. The molecular formula is C21H16F2N2O4. The lowest BCUT2D eigenvalue weighted by Gasteiger charge is -2.11. The molecule has 0 saturated carbocycles. The van der Waals surface area contributed by atoms with Crippen molar-refractivity contribution in [3.05, 3.63) is 89.1 Å². The number of benzene rings is 2. The SMILES string of the molecule is O=C(O)c1ccccc1CCNC(=O)c1cc(F)cnc1Oc1cccc(F)c1. The van der Waals surface area contributed by atoms with Gasteiger partial charge >= 0.3 is 5.97 Å². The summed E-state index contributed by atoms with van der Waals surface area (Å²) in [6, 6.07) is 12.6. The average molecular weight is 398 g/mol. The number of rotatable bonds is 7. The van der Waals surface area contributed by atoms with E-state index in [4.69, 9.17) is 4.74 Å². The Balaban J connectivity index is 1.72. The smallest absolute Gasteiger partial charge is 0.335 e. The zero-order valence-electron chi connectivity index (χ0n) is 15.1. The van der Waals surface area contributed by atoms with Gasteiger partial charge in [-0.1, -0.05) is 24.3 Å². The van der Waals surface area contributed by atoms with Gasteiger partial charge in [-0.15, -0.1) is 0 Å². The third-order valence-electron chi connectivity index (χ3n) is 4.00. The Morgan fingerprint density at radius 2 is 1.79 bits per heavy atom. The van der Waals surface area contributed by atoms with Crippen molar-refractivity contribution in [2.45, 2.75) is 6.42 Å². The topological polar surface area (TPSA) is 88.5 Å². The summed E-state index contributed by atoms with van der Waals surface area (Å²) in [6.07, 6.45) is 1.14. The number of hydrogen-bond acceptors (Lipinski definition) is 4. The van der Waals surface area contributed by atoms with Crippen molar-refractivity contribution in [1.29, 1.82) is 0 Å². The van der Waals surface area contributed by atoms with Crippen molar-refractivity contribution in [2.24, 2.45) is 0 Å². The fraction of sp³-hybridized carbons (Fsp3) is 0.0952. The van der Waals surface area contributed by atoms with Crippen molar-refractivity contribution >= 4 is 11.9 Å². The monoisotopic (exact) mass is 398 g/mol. The van der Waals surface area contributed by atoms with Crippen LogP contribution < -0.4 is 10.1 Å². The number of pyridine rings is 1. The number of nitrogens with one attached hydrogen (secondary N) is 1. The normalized spacial score (nSPS) is 10.4. The molecule has 148 valence electrons. The first kappa shape index (κ1) is 19.9. The summed E-state index contributed by atoms with van der Waals surface area (Å²) >= 11 is 0. The molecule has 1 aromatic heterocycles. The molecule has 3 rings (SSSR count). The quantitative estimate of drug-likeness (QED) is 0.632. The third-order valence-corrected chi connectivity index (χ3v) is 4.00. The third kappa shape index (κ3) is 5.13. The van der Waals surface area contributed by atoms with Gasteiger partial charge in [0.25, 0.3) is 5.91 Å². The van der Waals surface area contributed by atoms with E-state index >= 15 is 0 Å². The Hall–Kier alpha value is -3.81. The van der Waals surface area contributed by atoms with Crippen LogP contribution in [0.2, 0.25) is 0 Å². The summed E-state index contributed by atoms with van der Waals surface area (Å²) in [5, 5.41) is 11.8. The Morgan fingerprint density at radius 1 is 1.00 bits per heavy atom. The van der Waals surface area contributed by atoms with Gasteiger partial charge in [0.2, 0.25) is 5.88 Å². The number of halogens is 2. The highest BCUT2D eigenvalue weighted by molar-refractivity contribution is 5.96. The van der Waals surface area contributed by atoms with Gasteiger partial charge in [-0.3, -0.25) is 4.79 Å². The van der Waals surface area contributed by atoms with Crippen LogP contribution in [-0.4, -0.2) is 28.5 Å². The summed E-state index contributed by atoms with van der Waals surface area (Å²) in [6.45, 7) is 0.110. The number of ether oxygens (including phenoxy) is 1. The second-order valence-electron chi connectivity index (χ2n) is 6.03. The lowest BCUT2D eigenvalue weighted by Crippen LogP contribution is -2.27. The summed E-state index contributed by atoms with van der Waals surface area (Å²) in [5.41, 5.74) is 0.527. The molecule has 29 heavy (non-hydrogen) atoms. The second-order valence-corrected chi connectivity index (χ2v) is 6.03. The van der Waals surface area contributed by atoms with E-state index in [1.54, 1.807) is 18.2 Å². The Morgan fingerprint density at radius 3 is 2.55 bits per heavy atom. The van der Waals surface area contributed by atoms with E-state index in [9.17, 15) is 23.5 Å². The molecule has 0 aliphatic rings. The highest BCUT2D eigenvalue weighted by Gasteiger charge is 2.17. The van der Waals surface area contributed by atoms with Gasteiger partial charge in [0, 0.05) is 12.6 Å². The van der Waals surface area contributed by atoms with Crippen LogP contribution in [0.15, 0.2) is 60.8 Å². The molecule has 1 amide bonds. The number of amides is 1. The van der Waals surface area contributed by atoms with Crippen molar-refractivity contribution in [2.75, 3.05) is 6.54 Å². The minimum Gasteiger partial charge on any atom is -0.478 e. The van der Waals surface area contributed by atoms with Crippen LogP contribution in [0, 0.1) is 11.6 Å². The van der Waals surface area contributed by atoms with Gasteiger partial charge in [-0.25, -0.2) is 18.6 Å². The zero-order valence-corrected chi connectivity index (χ0v) is 15.1. The minimum absolute atomic E-state index is 0.105. The summed E-state index contributed by atoms with van der Waals surface area (Å²) in [5.74, 6) is -3.07. The van der Waals surface area contributed by atoms with Gasteiger partial charge < -0.3 is 15.2 Å². The molecule has 0 spiro atoms. The van der Waals surface area contributed by atoms with Crippen LogP contribution in [0.1, 0.15) is 26.3 Å². The Labute approximate surface area is 164 Å². The summed E-state index contributed by atoms with van der Waals surface area (Å²) in [4.78, 5) is 27.5. The van der Waals surface area contributed by atoms with Crippen LogP contribution in [0.25, 0.3) is 0 Å². The average Bonchev–Trinajstić information content (AvgIpc) is 2.69. The van der Waals surface area contributed by atoms with Crippen LogP contribution >= 0.6 is 0 Å². The molecule has 0 aliphatic carbocycles. The Bertz CT molecular complexity index is 1060. The molecule has 3 aromatic rings. The predicted molar refractivity (Wildman–Crippen MR) is 100 cm³/mol. The molecule has 0 saturated heterocycles. The Kier molecular flexibility index (Phi) is 6.13. The van der Waals surface area contributed by atoms with E-state index in [1.165, 1.54) is 24.3 Å². The van der Waals surface area contributed by atoms with Crippen molar-refractivity contribution < 1.29 is 28.2 Å². The van der Waals surface area contributed by atoms with Gasteiger partial charge in [-0.05, 0) is 36.2 Å². The van der Waals surface area contributed by atoms with E-state index in [1.807, 2.05) is 0 Å².